The highest BCUT2D eigenvalue weighted by molar-refractivity contribution is 7.91. The summed E-state index contributed by atoms with van der Waals surface area (Å²) in [6, 6.07) is 3.51. The number of nitrogens with zero attached hydrogens (tertiary/aromatic N) is 4. The standard InChI is InChI=1S/C18H30N6O2S2/c1-13(12-16-14(2)22-24(6)15(16)3)21-18(19-4)20-9-10-23(5)28(25,26)17-8-7-11-27-17/h7-8,11,13H,9-10,12H2,1-6H3,(H2,19,20,21). The molecule has 2 heterocycles. The summed E-state index contributed by atoms with van der Waals surface area (Å²) in [5.74, 6) is 0.647. The maximum absolute atomic E-state index is 12.4. The average Bonchev–Trinajstić information content (AvgIpc) is 3.26. The van der Waals surface area contributed by atoms with Gasteiger partial charge >= 0.3 is 0 Å². The van der Waals surface area contributed by atoms with Crippen molar-refractivity contribution in [1.82, 2.24) is 24.7 Å². The first kappa shape index (κ1) is 22.4. The summed E-state index contributed by atoms with van der Waals surface area (Å²) in [6.45, 7) is 6.98. The molecule has 2 rings (SSSR count). The van der Waals surface area contributed by atoms with Gasteiger partial charge in [0.1, 0.15) is 4.21 Å². The largest absolute Gasteiger partial charge is 0.355 e. The van der Waals surface area contributed by atoms with Gasteiger partial charge in [-0.2, -0.15) is 9.40 Å². The number of nitrogens with one attached hydrogen (secondary N) is 2. The van der Waals surface area contributed by atoms with Crippen LogP contribution in [0.4, 0.5) is 0 Å². The molecule has 28 heavy (non-hydrogen) atoms. The van der Waals surface area contributed by atoms with Crippen molar-refractivity contribution in [1.29, 1.82) is 0 Å². The predicted molar refractivity (Wildman–Crippen MR) is 114 cm³/mol. The van der Waals surface area contributed by atoms with E-state index in [1.807, 2.05) is 18.7 Å². The monoisotopic (exact) mass is 426 g/mol. The van der Waals surface area contributed by atoms with E-state index in [-0.39, 0.29) is 6.04 Å². The third kappa shape index (κ3) is 5.33. The second kappa shape index (κ2) is 9.53. The van der Waals surface area contributed by atoms with Gasteiger partial charge in [0.15, 0.2) is 5.96 Å². The molecule has 2 aromatic rings. The Morgan fingerprint density at radius 1 is 1.43 bits per heavy atom. The Kier molecular flexibility index (Phi) is 7.62. The quantitative estimate of drug-likeness (QED) is 0.493. The fourth-order valence-electron chi connectivity index (χ4n) is 2.91. The van der Waals surface area contributed by atoms with Crippen molar-refractivity contribution in [3.8, 4) is 0 Å². The normalized spacial score (nSPS) is 13.8. The number of aryl methyl sites for hydroxylation is 2. The Balaban J connectivity index is 1.86. The minimum absolute atomic E-state index is 0.153. The van der Waals surface area contributed by atoms with Crippen molar-refractivity contribution >= 4 is 27.3 Å². The Bertz CT molecular complexity index is 903. The molecule has 0 aliphatic carbocycles. The van der Waals surface area contributed by atoms with Gasteiger partial charge < -0.3 is 10.6 Å². The lowest BCUT2D eigenvalue weighted by Crippen LogP contribution is -2.45. The zero-order valence-corrected chi connectivity index (χ0v) is 19.0. The molecule has 1 atom stereocenters. The number of hydrogen-bond donors (Lipinski definition) is 2. The third-order valence-corrected chi connectivity index (χ3v) is 7.88. The molecule has 0 aliphatic rings. The molecular weight excluding hydrogens is 396 g/mol. The van der Waals surface area contributed by atoms with Gasteiger partial charge in [0, 0.05) is 46.0 Å². The summed E-state index contributed by atoms with van der Waals surface area (Å²) in [5.41, 5.74) is 3.44. The van der Waals surface area contributed by atoms with Crippen LogP contribution < -0.4 is 10.6 Å². The van der Waals surface area contributed by atoms with E-state index in [0.29, 0.717) is 23.3 Å². The van der Waals surface area contributed by atoms with Crippen LogP contribution in [-0.4, -0.2) is 61.7 Å². The summed E-state index contributed by atoms with van der Waals surface area (Å²) < 4.78 is 28.5. The van der Waals surface area contributed by atoms with Gasteiger partial charge in [0.2, 0.25) is 0 Å². The molecule has 8 nitrogen and oxygen atoms in total. The van der Waals surface area contributed by atoms with Gasteiger partial charge in [-0.1, -0.05) is 6.07 Å². The fourth-order valence-corrected chi connectivity index (χ4v) is 5.29. The smallest absolute Gasteiger partial charge is 0.252 e. The molecule has 0 aromatic carbocycles. The molecule has 0 saturated heterocycles. The van der Waals surface area contributed by atoms with Crippen LogP contribution in [0.5, 0.6) is 0 Å². The molecule has 0 fully saturated rings. The van der Waals surface area contributed by atoms with Crippen LogP contribution in [-0.2, 0) is 23.5 Å². The highest BCUT2D eigenvalue weighted by Gasteiger charge is 2.21. The van der Waals surface area contributed by atoms with Crippen molar-refractivity contribution < 1.29 is 8.42 Å². The number of sulfonamides is 1. The number of thiophene rings is 1. The third-order valence-electron chi connectivity index (χ3n) is 4.65. The lowest BCUT2D eigenvalue weighted by molar-refractivity contribution is 0.471. The molecule has 0 aliphatic heterocycles. The lowest BCUT2D eigenvalue weighted by atomic mass is 10.1. The summed E-state index contributed by atoms with van der Waals surface area (Å²) in [5, 5.41) is 12.8. The summed E-state index contributed by atoms with van der Waals surface area (Å²) in [6.07, 6.45) is 0.832. The topological polar surface area (TPSA) is 91.6 Å². The Hall–Kier alpha value is -1.91. The van der Waals surface area contributed by atoms with Crippen LogP contribution in [0.25, 0.3) is 0 Å². The van der Waals surface area contributed by atoms with Crippen LogP contribution in [0.1, 0.15) is 23.9 Å². The summed E-state index contributed by atoms with van der Waals surface area (Å²) in [7, 11) is 1.81. The van der Waals surface area contributed by atoms with E-state index in [1.54, 1.807) is 31.6 Å². The molecule has 0 radical (unpaired) electrons. The van der Waals surface area contributed by atoms with Crippen molar-refractivity contribution in [3.63, 3.8) is 0 Å². The zero-order valence-electron chi connectivity index (χ0n) is 17.4. The van der Waals surface area contributed by atoms with Gasteiger partial charge in [-0.3, -0.25) is 9.67 Å². The second-order valence-electron chi connectivity index (χ2n) is 6.78. The van der Waals surface area contributed by atoms with Gasteiger partial charge in [0.25, 0.3) is 10.0 Å². The Labute approximate surface area is 171 Å². The van der Waals surface area contributed by atoms with E-state index in [0.717, 1.165) is 17.8 Å². The van der Waals surface area contributed by atoms with Crippen LogP contribution in [0.15, 0.2) is 26.7 Å². The van der Waals surface area contributed by atoms with Gasteiger partial charge in [-0.25, -0.2) is 8.42 Å². The summed E-state index contributed by atoms with van der Waals surface area (Å²) >= 11 is 1.22. The van der Waals surface area contributed by atoms with Crippen LogP contribution in [0, 0.1) is 13.8 Å². The molecule has 0 amide bonds. The lowest BCUT2D eigenvalue weighted by Gasteiger charge is -2.20. The van der Waals surface area contributed by atoms with Gasteiger partial charge in [-0.05, 0) is 44.2 Å². The molecule has 2 aromatic heterocycles. The number of guanidine groups is 1. The van der Waals surface area contributed by atoms with Gasteiger partial charge in [-0.15, -0.1) is 11.3 Å². The fraction of sp³-hybridized carbons (Fsp3) is 0.556. The molecule has 156 valence electrons. The number of aromatic nitrogens is 2. The van der Waals surface area contributed by atoms with E-state index in [2.05, 4.69) is 34.6 Å². The number of rotatable bonds is 8. The van der Waals surface area contributed by atoms with E-state index < -0.39 is 10.0 Å². The number of hydrogen-bond acceptors (Lipinski definition) is 5. The highest BCUT2D eigenvalue weighted by Crippen LogP contribution is 2.19. The Morgan fingerprint density at radius 3 is 2.68 bits per heavy atom. The van der Waals surface area contributed by atoms with Crippen molar-refractivity contribution in [2.45, 2.75) is 37.4 Å². The molecule has 1 unspecified atom stereocenters. The predicted octanol–water partition coefficient (Wildman–Crippen LogP) is 1.52. The maximum Gasteiger partial charge on any atom is 0.252 e. The molecule has 10 heteroatoms. The van der Waals surface area contributed by atoms with E-state index in [4.69, 9.17) is 0 Å². The highest BCUT2D eigenvalue weighted by atomic mass is 32.2. The number of likely N-dealkylation sites (N-methyl/N-ethyl adjacent to an activating group) is 1. The van der Waals surface area contributed by atoms with E-state index in [1.165, 1.54) is 21.2 Å². The van der Waals surface area contributed by atoms with E-state index in [9.17, 15) is 8.42 Å². The minimum atomic E-state index is -3.43. The van der Waals surface area contributed by atoms with Gasteiger partial charge in [0.05, 0.1) is 5.69 Å². The molecule has 0 saturated carbocycles. The van der Waals surface area contributed by atoms with Crippen LogP contribution in [0.2, 0.25) is 0 Å². The van der Waals surface area contributed by atoms with Crippen molar-refractivity contribution in [2.75, 3.05) is 27.2 Å². The molecular formula is C18H30N6O2S2. The number of aliphatic imine (C=N–C) groups is 1. The minimum Gasteiger partial charge on any atom is -0.355 e. The van der Waals surface area contributed by atoms with E-state index >= 15 is 0 Å². The average molecular weight is 427 g/mol. The maximum atomic E-state index is 12.4. The molecule has 2 N–H and O–H groups in total. The SMILES string of the molecule is CN=C(NCCN(C)S(=O)(=O)c1cccs1)NC(C)Cc1c(C)nn(C)c1C. The van der Waals surface area contributed by atoms with Crippen molar-refractivity contribution in [2.24, 2.45) is 12.0 Å². The first-order chi connectivity index (χ1) is 13.2. The van der Waals surface area contributed by atoms with Crippen molar-refractivity contribution in [3.05, 3.63) is 34.5 Å². The van der Waals surface area contributed by atoms with Crippen LogP contribution >= 0.6 is 11.3 Å². The first-order valence-corrected chi connectivity index (χ1v) is 11.4. The summed E-state index contributed by atoms with van der Waals surface area (Å²) in [4.78, 5) is 4.24. The molecule has 0 bridgehead atoms. The zero-order chi connectivity index (χ0) is 20.9. The first-order valence-electron chi connectivity index (χ1n) is 9.13. The van der Waals surface area contributed by atoms with Crippen LogP contribution in [0.3, 0.4) is 0 Å². The Morgan fingerprint density at radius 2 is 2.14 bits per heavy atom. The second-order valence-corrected chi connectivity index (χ2v) is 10.00. The molecule has 0 spiro atoms.